The van der Waals surface area contributed by atoms with Crippen LogP contribution in [0.2, 0.25) is 10.2 Å². The maximum atomic E-state index is 8.53. The van der Waals surface area contributed by atoms with Crippen molar-refractivity contribution in [2.24, 2.45) is 0 Å². The number of aromatic nitrogens is 1. The van der Waals surface area contributed by atoms with E-state index in [0.29, 0.717) is 15.9 Å². The lowest BCUT2D eigenvalue weighted by Crippen LogP contribution is -1.78. The Kier molecular flexibility index (Phi) is 2.01. The molecule has 0 saturated heterocycles. The number of hydrogen-bond acceptors (Lipinski definition) is 1. The van der Waals surface area contributed by atoms with Crippen LogP contribution in [-0.4, -0.2) is 10.1 Å². The number of hydrogen-bond donors (Lipinski definition) is 2. The molecule has 4 heteroatoms. The van der Waals surface area contributed by atoms with Crippen molar-refractivity contribution < 1.29 is 5.11 Å². The number of halogens is 2. The zero-order chi connectivity index (χ0) is 6.85. The van der Waals surface area contributed by atoms with E-state index in [0.717, 1.165) is 0 Å². The van der Waals surface area contributed by atoms with E-state index in [1.807, 2.05) is 0 Å². The molecule has 1 rings (SSSR count). The molecule has 2 N–H and O–H groups in total. The fraction of sp³-hybridized carbons (Fsp3) is 0.200. The van der Waals surface area contributed by atoms with Crippen molar-refractivity contribution in [1.29, 1.82) is 0 Å². The highest BCUT2D eigenvalue weighted by Gasteiger charge is 2.00. The summed E-state index contributed by atoms with van der Waals surface area (Å²) in [6.07, 6.45) is 0. The molecule has 0 atom stereocenters. The van der Waals surface area contributed by atoms with Gasteiger partial charge in [-0.2, -0.15) is 0 Å². The van der Waals surface area contributed by atoms with Crippen molar-refractivity contribution in [2.75, 3.05) is 0 Å². The van der Waals surface area contributed by atoms with E-state index >= 15 is 0 Å². The van der Waals surface area contributed by atoms with E-state index in [-0.39, 0.29) is 6.61 Å². The van der Waals surface area contributed by atoms with Gasteiger partial charge in [0.25, 0.3) is 0 Å². The third-order valence-corrected chi connectivity index (χ3v) is 1.64. The number of rotatable bonds is 1. The topological polar surface area (TPSA) is 36.0 Å². The Labute approximate surface area is 62.4 Å². The van der Waals surface area contributed by atoms with Gasteiger partial charge < -0.3 is 10.1 Å². The molecule has 0 bridgehead atoms. The Balaban J connectivity index is 2.98. The largest absolute Gasteiger partial charge is 0.390 e. The summed E-state index contributed by atoms with van der Waals surface area (Å²) in [4.78, 5) is 2.68. The normalized spacial score (nSPS) is 10.1. The molecule has 1 aromatic heterocycles. The molecular weight excluding hydrogens is 161 g/mol. The van der Waals surface area contributed by atoms with Crippen molar-refractivity contribution >= 4 is 23.2 Å². The summed E-state index contributed by atoms with van der Waals surface area (Å²) < 4.78 is 0. The maximum Gasteiger partial charge on any atom is 0.125 e. The van der Waals surface area contributed by atoms with Crippen molar-refractivity contribution in [3.05, 3.63) is 21.9 Å². The van der Waals surface area contributed by atoms with Gasteiger partial charge in [-0.25, -0.2) is 0 Å². The van der Waals surface area contributed by atoms with Crippen molar-refractivity contribution in [3.8, 4) is 0 Å². The summed E-state index contributed by atoms with van der Waals surface area (Å²) >= 11 is 11.0. The Bertz CT molecular complexity index is 189. The molecule has 0 spiro atoms. The minimum Gasteiger partial charge on any atom is -0.390 e. The summed E-state index contributed by atoms with van der Waals surface area (Å²) in [5, 5.41) is 9.35. The van der Waals surface area contributed by atoms with Crippen LogP contribution in [-0.2, 0) is 6.61 Å². The summed E-state index contributed by atoms with van der Waals surface area (Å²) in [5.41, 5.74) is 0.630. The fourth-order valence-corrected chi connectivity index (χ4v) is 0.893. The number of nitrogens with one attached hydrogen (secondary N) is 1. The number of aliphatic hydroxyl groups excluding tert-OH is 1. The monoisotopic (exact) mass is 165 g/mol. The molecule has 9 heavy (non-hydrogen) atoms. The molecule has 0 amide bonds. The number of H-pyrrole nitrogens is 1. The van der Waals surface area contributed by atoms with Crippen LogP contribution in [0.3, 0.4) is 0 Å². The lowest BCUT2D eigenvalue weighted by Gasteiger charge is -1.82. The molecule has 0 aliphatic heterocycles. The van der Waals surface area contributed by atoms with E-state index in [2.05, 4.69) is 4.98 Å². The Hall–Kier alpha value is -0.180. The molecule has 1 aromatic rings. The second-order valence-electron chi connectivity index (χ2n) is 1.61. The fourth-order valence-electron chi connectivity index (χ4n) is 0.538. The minimum atomic E-state index is -0.0631. The van der Waals surface area contributed by atoms with Gasteiger partial charge in [0, 0.05) is 5.69 Å². The molecule has 0 radical (unpaired) electrons. The molecule has 0 saturated carbocycles. The molecule has 0 aromatic carbocycles. The maximum absolute atomic E-state index is 8.53. The standard InChI is InChI=1S/C5H5Cl2NO/c6-4-1-3(2-9)8-5(4)7/h1,8-9H,2H2. The van der Waals surface area contributed by atoms with E-state index in [1.165, 1.54) is 0 Å². The van der Waals surface area contributed by atoms with Gasteiger partial charge in [0.1, 0.15) is 5.15 Å². The quantitative estimate of drug-likeness (QED) is 0.655. The molecule has 0 unspecified atom stereocenters. The Morgan fingerprint density at radius 3 is 2.44 bits per heavy atom. The van der Waals surface area contributed by atoms with Crippen LogP contribution in [0.1, 0.15) is 5.69 Å². The van der Waals surface area contributed by atoms with Crippen LogP contribution >= 0.6 is 23.2 Å². The van der Waals surface area contributed by atoms with Crippen LogP contribution < -0.4 is 0 Å². The van der Waals surface area contributed by atoms with Gasteiger partial charge in [-0.05, 0) is 6.07 Å². The lowest BCUT2D eigenvalue weighted by atomic mass is 10.5. The van der Waals surface area contributed by atoms with Crippen molar-refractivity contribution in [3.63, 3.8) is 0 Å². The first kappa shape index (κ1) is 6.93. The minimum absolute atomic E-state index is 0.0631. The Morgan fingerprint density at radius 2 is 2.22 bits per heavy atom. The average molecular weight is 166 g/mol. The first-order chi connectivity index (χ1) is 4.24. The summed E-state index contributed by atoms with van der Waals surface area (Å²) in [6.45, 7) is -0.0631. The van der Waals surface area contributed by atoms with Crippen molar-refractivity contribution in [1.82, 2.24) is 4.98 Å². The highest BCUT2D eigenvalue weighted by Crippen LogP contribution is 2.21. The SMILES string of the molecule is OCc1cc(Cl)c(Cl)[nH]1. The molecule has 50 valence electrons. The van der Waals surface area contributed by atoms with Gasteiger partial charge in [-0.3, -0.25) is 0 Å². The van der Waals surface area contributed by atoms with E-state index in [1.54, 1.807) is 6.07 Å². The second kappa shape index (κ2) is 2.60. The molecule has 2 nitrogen and oxygen atoms in total. The summed E-state index contributed by atoms with van der Waals surface area (Å²) in [7, 11) is 0. The van der Waals surface area contributed by atoms with Crippen LogP contribution in [0, 0.1) is 0 Å². The molecular formula is C5H5Cl2NO. The van der Waals surface area contributed by atoms with E-state index < -0.39 is 0 Å². The van der Waals surface area contributed by atoms with Crippen LogP contribution in [0.25, 0.3) is 0 Å². The van der Waals surface area contributed by atoms with Crippen molar-refractivity contribution in [2.45, 2.75) is 6.61 Å². The summed E-state index contributed by atoms with van der Waals surface area (Å²) in [6, 6.07) is 1.59. The molecule has 1 heterocycles. The second-order valence-corrected chi connectivity index (χ2v) is 2.40. The van der Waals surface area contributed by atoms with Crippen LogP contribution in [0.4, 0.5) is 0 Å². The zero-order valence-corrected chi connectivity index (χ0v) is 6.00. The average Bonchev–Trinajstić information content (AvgIpc) is 2.13. The highest BCUT2D eigenvalue weighted by molar-refractivity contribution is 6.41. The van der Waals surface area contributed by atoms with Gasteiger partial charge >= 0.3 is 0 Å². The number of aromatic amines is 1. The smallest absolute Gasteiger partial charge is 0.125 e. The zero-order valence-electron chi connectivity index (χ0n) is 4.49. The number of aliphatic hydroxyl groups is 1. The molecule has 0 aliphatic rings. The van der Waals surface area contributed by atoms with E-state index in [9.17, 15) is 0 Å². The van der Waals surface area contributed by atoms with Gasteiger partial charge in [0.2, 0.25) is 0 Å². The third-order valence-electron chi connectivity index (χ3n) is 0.951. The molecule has 0 fully saturated rings. The van der Waals surface area contributed by atoms with E-state index in [4.69, 9.17) is 28.3 Å². The first-order valence-corrected chi connectivity index (χ1v) is 3.13. The predicted molar refractivity (Wildman–Crippen MR) is 36.7 cm³/mol. The lowest BCUT2D eigenvalue weighted by molar-refractivity contribution is 0.277. The van der Waals surface area contributed by atoms with Gasteiger partial charge in [0.05, 0.1) is 11.6 Å². The van der Waals surface area contributed by atoms with Gasteiger partial charge in [-0.15, -0.1) is 0 Å². The van der Waals surface area contributed by atoms with Crippen LogP contribution in [0.5, 0.6) is 0 Å². The summed E-state index contributed by atoms with van der Waals surface area (Å²) in [5.74, 6) is 0. The molecule has 0 aliphatic carbocycles. The Morgan fingerprint density at radius 1 is 1.56 bits per heavy atom. The third kappa shape index (κ3) is 1.39. The first-order valence-electron chi connectivity index (χ1n) is 2.38. The highest BCUT2D eigenvalue weighted by atomic mass is 35.5. The van der Waals surface area contributed by atoms with Gasteiger partial charge in [0.15, 0.2) is 0 Å². The van der Waals surface area contributed by atoms with Gasteiger partial charge in [-0.1, -0.05) is 23.2 Å². The predicted octanol–water partition coefficient (Wildman–Crippen LogP) is 1.81. The van der Waals surface area contributed by atoms with Crippen LogP contribution in [0.15, 0.2) is 6.07 Å².